The number of benzene rings is 1. The van der Waals surface area contributed by atoms with E-state index in [-0.39, 0.29) is 17.4 Å². The molecule has 1 amide bonds. The molecule has 0 fully saturated rings. The van der Waals surface area contributed by atoms with Crippen LogP contribution >= 0.6 is 0 Å². The molecule has 0 saturated heterocycles. The molecule has 0 saturated carbocycles. The number of carboxylic acid groups (broad SMARTS) is 1. The molecule has 0 spiro atoms. The number of ether oxygens (including phenoxy) is 1. The summed E-state index contributed by atoms with van der Waals surface area (Å²) in [7, 11) is 1.55. The van der Waals surface area contributed by atoms with Gasteiger partial charge in [0.25, 0.3) is 5.91 Å². The van der Waals surface area contributed by atoms with E-state index in [0.717, 1.165) is 16.7 Å². The summed E-state index contributed by atoms with van der Waals surface area (Å²) in [5, 5.41) is 8.99. The van der Waals surface area contributed by atoms with E-state index >= 15 is 0 Å². The highest BCUT2D eigenvalue weighted by atomic mass is 19.1. The molecular formula is C22H18FN3O4. The van der Waals surface area contributed by atoms with Crippen LogP contribution in [0.25, 0.3) is 0 Å². The highest BCUT2D eigenvalue weighted by Gasteiger charge is 2.29. The number of methoxy groups -OCH3 is 1. The fourth-order valence-electron chi connectivity index (χ4n) is 3.53. The van der Waals surface area contributed by atoms with Crippen molar-refractivity contribution in [1.82, 2.24) is 9.97 Å². The second-order valence-corrected chi connectivity index (χ2v) is 6.87. The average molecular weight is 407 g/mol. The highest BCUT2D eigenvalue weighted by molar-refractivity contribution is 6.08. The van der Waals surface area contributed by atoms with Crippen LogP contribution in [0.5, 0.6) is 5.75 Å². The summed E-state index contributed by atoms with van der Waals surface area (Å²) in [6, 6.07) is 9.43. The van der Waals surface area contributed by atoms with E-state index in [1.807, 2.05) is 6.07 Å². The highest BCUT2D eigenvalue weighted by Crippen LogP contribution is 2.31. The minimum Gasteiger partial charge on any atom is -0.496 e. The van der Waals surface area contributed by atoms with Gasteiger partial charge in [-0.25, -0.2) is 19.2 Å². The fourth-order valence-corrected chi connectivity index (χ4v) is 3.53. The standard InChI is InChI=1S/C22H18FN3O4/c1-30-19-11-14-6-8-26(20-17(23)3-2-7-24-20)21(27)16(14)10-15(19)9-13-4-5-18(22(28)29)25-12-13/h2-5,7,10-12H,6,8-9H2,1H3,(H,28,29). The maximum absolute atomic E-state index is 14.2. The van der Waals surface area contributed by atoms with Crippen LogP contribution in [0, 0.1) is 5.82 Å². The lowest BCUT2D eigenvalue weighted by Crippen LogP contribution is -2.38. The van der Waals surface area contributed by atoms with E-state index in [1.54, 1.807) is 19.2 Å². The van der Waals surface area contributed by atoms with Crippen LogP contribution in [0.1, 0.15) is 37.5 Å². The molecule has 8 heteroatoms. The van der Waals surface area contributed by atoms with E-state index in [4.69, 9.17) is 9.84 Å². The Morgan fingerprint density at radius 1 is 1.27 bits per heavy atom. The number of rotatable bonds is 5. The van der Waals surface area contributed by atoms with Gasteiger partial charge in [-0.3, -0.25) is 9.69 Å². The van der Waals surface area contributed by atoms with Gasteiger partial charge >= 0.3 is 5.97 Å². The second kappa shape index (κ2) is 7.90. The van der Waals surface area contributed by atoms with Crippen molar-refractivity contribution in [3.63, 3.8) is 0 Å². The topological polar surface area (TPSA) is 92.6 Å². The van der Waals surface area contributed by atoms with Crippen LogP contribution in [0.15, 0.2) is 48.8 Å². The van der Waals surface area contributed by atoms with Crippen LogP contribution in [0.2, 0.25) is 0 Å². The number of aromatic nitrogens is 2. The largest absolute Gasteiger partial charge is 0.496 e. The van der Waals surface area contributed by atoms with Gasteiger partial charge in [-0.2, -0.15) is 0 Å². The Morgan fingerprint density at radius 2 is 2.10 bits per heavy atom. The van der Waals surface area contributed by atoms with Gasteiger partial charge in [-0.05, 0) is 53.4 Å². The fraction of sp³-hybridized carbons (Fsp3) is 0.182. The Bertz CT molecular complexity index is 1130. The third-order valence-electron chi connectivity index (χ3n) is 5.02. The van der Waals surface area contributed by atoms with E-state index in [1.165, 1.54) is 35.5 Å². The zero-order valence-electron chi connectivity index (χ0n) is 16.1. The molecule has 152 valence electrons. The van der Waals surface area contributed by atoms with Crippen molar-refractivity contribution in [3.05, 3.63) is 82.6 Å². The van der Waals surface area contributed by atoms with Crippen molar-refractivity contribution in [1.29, 1.82) is 0 Å². The van der Waals surface area contributed by atoms with E-state index in [9.17, 15) is 14.0 Å². The van der Waals surface area contributed by atoms with Crippen LogP contribution in [-0.4, -0.2) is 40.6 Å². The molecule has 7 nitrogen and oxygen atoms in total. The van der Waals surface area contributed by atoms with Crippen molar-refractivity contribution in [3.8, 4) is 5.75 Å². The quantitative estimate of drug-likeness (QED) is 0.699. The van der Waals surface area contributed by atoms with Gasteiger partial charge < -0.3 is 9.84 Å². The number of hydrogen-bond donors (Lipinski definition) is 1. The van der Waals surface area contributed by atoms with Crippen molar-refractivity contribution in [2.45, 2.75) is 12.8 Å². The molecule has 3 aromatic rings. The zero-order chi connectivity index (χ0) is 21.3. The summed E-state index contributed by atoms with van der Waals surface area (Å²) in [6.07, 6.45) is 3.88. The van der Waals surface area contributed by atoms with Crippen molar-refractivity contribution in [2.24, 2.45) is 0 Å². The summed E-state index contributed by atoms with van der Waals surface area (Å²) < 4.78 is 19.7. The predicted octanol–water partition coefficient (Wildman–Crippen LogP) is 3.12. The van der Waals surface area contributed by atoms with Crippen molar-refractivity contribution < 1.29 is 23.8 Å². The molecular weight excluding hydrogens is 389 g/mol. The molecule has 2 aromatic heterocycles. The number of aromatic carboxylic acids is 1. The third kappa shape index (κ3) is 3.59. The van der Waals surface area contributed by atoms with E-state index in [2.05, 4.69) is 9.97 Å². The van der Waals surface area contributed by atoms with Gasteiger partial charge in [0, 0.05) is 30.9 Å². The summed E-state index contributed by atoms with van der Waals surface area (Å²) in [4.78, 5) is 33.4. The minimum atomic E-state index is -1.10. The molecule has 1 aromatic carbocycles. The summed E-state index contributed by atoms with van der Waals surface area (Å²) in [5.74, 6) is -1.33. The second-order valence-electron chi connectivity index (χ2n) is 6.87. The SMILES string of the molecule is COc1cc2c(cc1Cc1ccc(C(=O)O)nc1)C(=O)N(c1ncccc1F)CC2. The number of carbonyl (C=O) groups excluding carboxylic acids is 1. The molecule has 3 heterocycles. The van der Waals surface area contributed by atoms with Crippen molar-refractivity contribution in [2.75, 3.05) is 18.6 Å². The number of amides is 1. The number of carboxylic acids is 1. The summed E-state index contributed by atoms with van der Waals surface area (Å²) >= 11 is 0. The lowest BCUT2D eigenvalue weighted by molar-refractivity contribution is 0.0690. The molecule has 0 atom stereocenters. The molecule has 1 aliphatic heterocycles. The molecule has 0 aliphatic carbocycles. The van der Waals surface area contributed by atoms with Gasteiger partial charge in [0.2, 0.25) is 0 Å². The summed E-state index contributed by atoms with van der Waals surface area (Å²) in [6.45, 7) is 0.322. The molecule has 0 bridgehead atoms. The van der Waals surface area contributed by atoms with Crippen LogP contribution in [0.4, 0.5) is 10.2 Å². The van der Waals surface area contributed by atoms with Crippen LogP contribution in [-0.2, 0) is 12.8 Å². The number of pyridine rings is 2. The number of halogens is 1. The predicted molar refractivity (Wildman–Crippen MR) is 107 cm³/mol. The lowest BCUT2D eigenvalue weighted by atomic mass is 9.93. The Balaban J connectivity index is 1.68. The van der Waals surface area contributed by atoms with Gasteiger partial charge in [0.1, 0.15) is 11.4 Å². The number of carbonyl (C=O) groups is 2. The number of nitrogens with zero attached hydrogens (tertiary/aromatic N) is 3. The van der Waals surface area contributed by atoms with Gasteiger partial charge in [0.15, 0.2) is 11.6 Å². The van der Waals surface area contributed by atoms with E-state index in [0.29, 0.717) is 30.7 Å². The zero-order valence-corrected chi connectivity index (χ0v) is 16.1. The minimum absolute atomic E-state index is 0.0129. The first-order valence-corrected chi connectivity index (χ1v) is 9.28. The van der Waals surface area contributed by atoms with Gasteiger partial charge in [-0.1, -0.05) is 6.07 Å². The lowest BCUT2D eigenvalue weighted by Gasteiger charge is -2.29. The smallest absolute Gasteiger partial charge is 0.354 e. The maximum Gasteiger partial charge on any atom is 0.354 e. The van der Waals surface area contributed by atoms with Crippen LogP contribution in [0.3, 0.4) is 0 Å². The summed E-state index contributed by atoms with van der Waals surface area (Å²) in [5.41, 5.74) is 2.77. The molecule has 1 N–H and O–H groups in total. The first-order chi connectivity index (χ1) is 14.5. The van der Waals surface area contributed by atoms with Crippen molar-refractivity contribution >= 4 is 17.7 Å². The monoisotopic (exact) mass is 407 g/mol. The van der Waals surface area contributed by atoms with Gasteiger partial charge in [-0.15, -0.1) is 0 Å². The van der Waals surface area contributed by atoms with E-state index < -0.39 is 11.8 Å². The Kier molecular flexibility index (Phi) is 5.14. The third-order valence-corrected chi connectivity index (χ3v) is 5.02. The van der Waals surface area contributed by atoms with Crippen LogP contribution < -0.4 is 9.64 Å². The molecule has 4 rings (SSSR count). The Labute approximate surface area is 171 Å². The molecule has 0 radical (unpaired) electrons. The molecule has 0 unspecified atom stereocenters. The molecule has 30 heavy (non-hydrogen) atoms. The number of anilines is 1. The average Bonchev–Trinajstić information content (AvgIpc) is 2.75. The first-order valence-electron chi connectivity index (χ1n) is 9.28. The normalized spacial score (nSPS) is 13.1. The Hall–Kier alpha value is -3.81. The first kappa shape index (κ1) is 19.5. The maximum atomic E-state index is 14.2. The number of hydrogen-bond acceptors (Lipinski definition) is 5. The number of fused-ring (bicyclic) bond motifs is 1. The van der Waals surface area contributed by atoms with Gasteiger partial charge in [0.05, 0.1) is 7.11 Å². The Morgan fingerprint density at radius 3 is 2.77 bits per heavy atom. The molecule has 1 aliphatic rings.